The first kappa shape index (κ1) is 18.6. The van der Waals surface area contributed by atoms with Gasteiger partial charge in [0.2, 0.25) is 5.96 Å². The molecule has 2 rings (SSSR count). The number of aliphatic imine (C=N–C) groups is 1. The number of nitrogens with one attached hydrogen (secondary N) is 2. The minimum atomic E-state index is -2.08. The molecule has 2 aromatic rings. The molecular weight excluding hydrogens is 369 g/mol. The maximum atomic E-state index is 11.9. The van der Waals surface area contributed by atoms with Crippen LogP contribution in [0.3, 0.4) is 0 Å². The molecule has 0 aromatic heterocycles. The number of hydrogen-bond acceptors (Lipinski definition) is 2. The van der Waals surface area contributed by atoms with Crippen molar-refractivity contribution >= 4 is 58.0 Å². The summed E-state index contributed by atoms with van der Waals surface area (Å²) in [5.41, 5.74) is 3.62. The Labute approximate surface area is 155 Å². The van der Waals surface area contributed by atoms with Crippen molar-refractivity contribution < 1.29 is 4.79 Å². The van der Waals surface area contributed by atoms with Crippen LogP contribution >= 0.6 is 34.8 Å². The van der Waals surface area contributed by atoms with E-state index >= 15 is 0 Å². The molecule has 2 N–H and O–H groups in total. The summed E-state index contributed by atoms with van der Waals surface area (Å²) in [6, 6.07) is 15.1. The Morgan fingerprint density at radius 2 is 1.42 bits per heavy atom. The van der Waals surface area contributed by atoms with Crippen LogP contribution in [0.25, 0.3) is 0 Å². The predicted octanol–water partition coefficient (Wildman–Crippen LogP) is 4.89. The number of carbonyl (C=O) groups excluding carboxylic acids is 1. The molecule has 2 aromatic carbocycles. The topological polar surface area (TPSA) is 53.5 Å². The molecule has 24 heavy (non-hydrogen) atoms. The van der Waals surface area contributed by atoms with Crippen molar-refractivity contribution in [3.05, 3.63) is 59.7 Å². The van der Waals surface area contributed by atoms with Crippen molar-refractivity contribution in [1.82, 2.24) is 5.32 Å². The Bertz CT molecular complexity index is 735. The van der Waals surface area contributed by atoms with Crippen LogP contribution in [0.5, 0.6) is 0 Å². The van der Waals surface area contributed by atoms with Crippen molar-refractivity contribution in [1.29, 1.82) is 0 Å². The summed E-state index contributed by atoms with van der Waals surface area (Å²) in [6.07, 6.45) is 0. The van der Waals surface area contributed by atoms with Gasteiger partial charge in [0.25, 0.3) is 9.70 Å². The standard InChI is InChI=1S/C17H16Cl3N3O/c1-11-3-7-13(8-4-11)21-16(23-15(24)17(18,19)20)22-14-9-5-12(2)6-10-14/h3-10H,1-2H3,(H2,21,22,23,24). The lowest BCUT2D eigenvalue weighted by atomic mass is 10.2. The SMILES string of the molecule is Cc1ccc(N=C(NC(=O)C(Cl)(Cl)Cl)Nc2ccc(C)cc2)cc1. The number of halogens is 3. The number of nitrogens with zero attached hydrogens (tertiary/aromatic N) is 1. The number of amides is 1. The van der Waals surface area contributed by atoms with E-state index in [1.807, 2.05) is 62.4 Å². The Morgan fingerprint density at radius 3 is 1.92 bits per heavy atom. The van der Waals surface area contributed by atoms with E-state index in [-0.39, 0.29) is 5.96 Å². The van der Waals surface area contributed by atoms with Crippen LogP contribution in [0, 0.1) is 13.8 Å². The van der Waals surface area contributed by atoms with Crippen LogP contribution in [-0.4, -0.2) is 15.7 Å². The minimum Gasteiger partial charge on any atom is -0.326 e. The molecule has 0 saturated heterocycles. The van der Waals surface area contributed by atoms with E-state index in [9.17, 15) is 4.79 Å². The summed E-state index contributed by atoms with van der Waals surface area (Å²) >= 11 is 16.8. The van der Waals surface area contributed by atoms with E-state index in [0.717, 1.165) is 16.8 Å². The Hall–Kier alpha value is -1.75. The van der Waals surface area contributed by atoms with Crippen LogP contribution in [-0.2, 0) is 4.79 Å². The first-order valence-corrected chi connectivity index (χ1v) is 8.24. The molecule has 0 bridgehead atoms. The fraction of sp³-hybridized carbons (Fsp3) is 0.176. The zero-order valence-electron chi connectivity index (χ0n) is 13.1. The van der Waals surface area contributed by atoms with Crippen LogP contribution in [0.1, 0.15) is 11.1 Å². The highest BCUT2D eigenvalue weighted by Crippen LogP contribution is 2.26. The van der Waals surface area contributed by atoms with E-state index < -0.39 is 9.70 Å². The maximum Gasteiger partial charge on any atom is 0.278 e. The van der Waals surface area contributed by atoms with Crippen LogP contribution < -0.4 is 10.6 Å². The zero-order chi connectivity index (χ0) is 17.7. The molecule has 0 saturated carbocycles. The Balaban J connectivity index is 2.28. The maximum absolute atomic E-state index is 11.9. The van der Waals surface area contributed by atoms with Gasteiger partial charge in [-0.25, -0.2) is 4.99 Å². The molecule has 0 fully saturated rings. The van der Waals surface area contributed by atoms with Gasteiger partial charge in [-0.15, -0.1) is 0 Å². The molecule has 0 unspecified atom stereocenters. The number of guanidine groups is 1. The quantitative estimate of drug-likeness (QED) is 0.440. The van der Waals surface area contributed by atoms with Crippen molar-refractivity contribution in [3.8, 4) is 0 Å². The lowest BCUT2D eigenvalue weighted by molar-refractivity contribution is -0.118. The fourth-order valence-electron chi connectivity index (χ4n) is 1.79. The molecule has 7 heteroatoms. The molecule has 0 spiro atoms. The molecule has 0 heterocycles. The highest BCUT2D eigenvalue weighted by atomic mass is 35.6. The van der Waals surface area contributed by atoms with Crippen molar-refractivity contribution in [3.63, 3.8) is 0 Å². The predicted molar refractivity (Wildman–Crippen MR) is 102 cm³/mol. The lowest BCUT2D eigenvalue weighted by Gasteiger charge is -2.15. The summed E-state index contributed by atoms with van der Waals surface area (Å²) in [4.78, 5) is 16.3. The molecule has 1 amide bonds. The van der Waals surface area contributed by atoms with Crippen molar-refractivity contribution in [2.24, 2.45) is 4.99 Å². The Morgan fingerprint density at radius 1 is 0.917 bits per heavy atom. The number of hydrogen-bond donors (Lipinski definition) is 2. The second-order valence-electron chi connectivity index (χ2n) is 5.24. The molecule has 126 valence electrons. The second kappa shape index (κ2) is 7.88. The van der Waals surface area contributed by atoms with Gasteiger partial charge in [0.1, 0.15) is 0 Å². The van der Waals surface area contributed by atoms with Gasteiger partial charge >= 0.3 is 0 Å². The van der Waals surface area contributed by atoms with E-state index in [2.05, 4.69) is 15.6 Å². The molecule has 0 aliphatic carbocycles. The number of rotatable bonds is 2. The average Bonchev–Trinajstić information content (AvgIpc) is 2.51. The van der Waals surface area contributed by atoms with E-state index in [4.69, 9.17) is 34.8 Å². The molecule has 0 aliphatic heterocycles. The molecule has 0 aliphatic rings. The third kappa shape index (κ3) is 5.71. The summed E-state index contributed by atoms with van der Waals surface area (Å²) < 4.78 is -2.08. The van der Waals surface area contributed by atoms with Gasteiger partial charge in [0.05, 0.1) is 5.69 Å². The summed E-state index contributed by atoms with van der Waals surface area (Å²) in [7, 11) is 0. The van der Waals surface area contributed by atoms with Crippen LogP contribution in [0.4, 0.5) is 11.4 Å². The van der Waals surface area contributed by atoms with Crippen molar-refractivity contribution in [2.75, 3.05) is 5.32 Å². The van der Waals surface area contributed by atoms with E-state index in [1.54, 1.807) is 0 Å². The van der Waals surface area contributed by atoms with Gasteiger partial charge in [-0.1, -0.05) is 70.2 Å². The summed E-state index contributed by atoms with van der Waals surface area (Å²) in [5, 5.41) is 5.50. The van der Waals surface area contributed by atoms with Gasteiger partial charge in [0, 0.05) is 5.69 Å². The minimum absolute atomic E-state index is 0.166. The van der Waals surface area contributed by atoms with Gasteiger partial charge in [0.15, 0.2) is 0 Å². The van der Waals surface area contributed by atoms with E-state index in [1.165, 1.54) is 0 Å². The summed E-state index contributed by atoms with van der Waals surface area (Å²) in [5.74, 6) is -0.628. The number of aryl methyl sites for hydroxylation is 2. The number of benzene rings is 2. The molecule has 0 atom stereocenters. The summed E-state index contributed by atoms with van der Waals surface area (Å²) in [6.45, 7) is 3.96. The highest BCUT2D eigenvalue weighted by Gasteiger charge is 2.31. The van der Waals surface area contributed by atoms with Crippen LogP contribution in [0.15, 0.2) is 53.5 Å². The fourth-order valence-corrected chi connectivity index (χ4v) is 1.93. The lowest BCUT2D eigenvalue weighted by Crippen LogP contribution is -2.42. The second-order valence-corrected chi connectivity index (χ2v) is 7.52. The normalized spacial score (nSPS) is 12.0. The number of carbonyl (C=O) groups is 1. The van der Waals surface area contributed by atoms with Crippen molar-refractivity contribution in [2.45, 2.75) is 17.6 Å². The first-order valence-electron chi connectivity index (χ1n) is 7.11. The smallest absolute Gasteiger partial charge is 0.278 e. The van der Waals surface area contributed by atoms with Gasteiger partial charge in [-0.2, -0.15) is 0 Å². The molecule has 4 nitrogen and oxygen atoms in total. The third-order valence-corrected chi connectivity index (χ3v) is 3.59. The van der Waals surface area contributed by atoms with Gasteiger partial charge < -0.3 is 5.32 Å². The monoisotopic (exact) mass is 383 g/mol. The number of anilines is 1. The molecule has 0 radical (unpaired) electrons. The van der Waals surface area contributed by atoms with Gasteiger partial charge in [-0.05, 0) is 38.1 Å². The highest BCUT2D eigenvalue weighted by molar-refractivity contribution is 6.76. The average molecular weight is 385 g/mol. The first-order chi connectivity index (χ1) is 11.2. The third-order valence-electron chi connectivity index (χ3n) is 3.08. The Kier molecular flexibility index (Phi) is 6.10. The van der Waals surface area contributed by atoms with Crippen LogP contribution in [0.2, 0.25) is 0 Å². The zero-order valence-corrected chi connectivity index (χ0v) is 15.4. The number of alkyl halides is 3. The molecular formula is C17H16Cl3N3O. The van der Waals surface area contributed by atoms with Gasteiger partial charge in [-0.3, -0.25) is 10.1 Å². The van der Waals surface area contributed by atoms with E-state index in [0.29, 0.717) is 5.69 Å². The largest absolute Gasteiger partial charge is 0.326 e.